The van der Waals surface area contributed by atoms with Crippen LogP contribution in [0, 0.1) is 34.5 Å². The number of hydrogen-bond donors (Lipinski definition) is 0. The first-order valence-corrected chi connectivity index (χ1v) is 16.6. The molecule has 1 saturated carbocycles. The maximum Gasteiger partial charge on any atom is 0.305 e. The number of carbonyl (C=O) groups excluding carboxylic acids is 2. The molecule has 0 radical (unpaired) electrons. The molecule has 0 spiro atoms. The molecule has 0 bridgehead atoms. The van der Waals surface area contributed by atoms with Crippen LogP contribution in [0.25, 0.3) is 0 Å². The molecule has 3 aliphatic rings. The summed E-state index contributed by atoms with van der Waals surface area (Å²) in [5.74, 6) is 2.92. The number of ketones is 1. The average Bonchev–Trinajstić information content (AvgIpc) is 2.97. The topological polar surface area (TPSA) is 61.8 Å². The predicted octanol–water partition coefficient (Wildman–Crippen LogP) is 8.88. The summed E-state index contributed by atoms with van der Waals surface area (Å²) >= 11 is 0. The summed E-state index contributed by atoms with van der Waals surface area (Å²) in [6, 6.07) is 8.15. The van der Waals surface area contributed by atoms with E-state index < -0.39 is 5.41 Å². The van der Waals surface area contributed by atoms with Gasteiger partial charge < -0.3 is 14.2 Å². The number of ether oxygens (including phenoxy) is 3. The van der Waals surface area contributed by atoms with Gasteiger partial charge in [-0.15, -0.1) is 0 Å². The van der Waals surface area contributed by atoms with Crippen LogP contribution in [0.15, 0.2) is 35.4 Å². The summed E-state index contributed by atoms with van der Waals surface area (Å²) in [6.07, 6.45) is 11.9. The maximum atomic E-state index is 14.5. The summed E-state index contributed by atoms with van der Waals surface area (Å²) in [7, 11) is 3.15. The van der Waals surface area contributed by atoms with Gasteiger partial charge in [0, 0.05) is 11.8 Å². The normalized spacial score (nSPS) is 29.1. The van der Waals surface area contributed by atoms with Crippen molar-refractivity contribution < 1.29 is 23.8 Å². The molecular formula is C37H56O5. The third-order valence-electron chi connectivity index (χ3n) is 11.4. The highest BCUT2D eigenvalue weighted by atomic mass is 16.5. The lowest BCUT2D eigenvalue weighted by atomic mass is 9.51. The second-order valence-corrected chi connectivity index (χ2v) is 14.4. The lowest BCUT2D eigenvalue weighted by Crippen LogP contribution is -2.48. The molecule has 4 rings (SSSR count). The van der Waals surface area contributed by atoms with Crippen LogP contribution in [-0.2, 0) is 25.7 Å². The Labute approximate surface area is 255 Å². The fourth-order valence-corrected chi connectivity index (χ4v) is 8.63. The summed E-state index contributed by atoms with van der Waals surface area (Å²) in [5.41, 5.74) is 3.45. The first-order valence-electron chi connectivity index (χ1n) is 16.6. The molecular weight excluding hydrogens is 524 g/mol. The van der Waals surface area contributed by atoms with Gasteiger partial charge in [0.05, 0.1) is 26.9 Å². The van der Waals surface area contributed by atoms with E-state index in [1.807, 2.05) is 12.1 Å². The fourth-order valence-electron chi connectivity index (χ4n) is 8.63. The van der Waals surface area contributed by atoms with Gasteiger partial charge in [-0.1, -0.05) is 71.6 Å². The predicted molar refractivity (Wildman–Crippen MR) is 168 cm³/mol. The van der Waals surface area contributed by atoms with Gasteiger partial charge >= 0.3 is 5.97 Å². The summed E-state index contributed by atoms with van der Waals surface area (Å²) in [5, 5.41) is 0. The molecule has 234 valence electrons. The van der Waals surface area contributed by atoms with E-state index in [1.165, 1.54) is 31.1 Å². The number of rotatable bonds is 13. The minimum Gasteiger partial charge on any atom is -0.497 e. The SMILES string of the molecule is COC(=O)CC[C@H]([C@H](C)CCCC(C)C)[C@@]1(C)CCC2=C(CC[C@H]3CC(OCc4ccc(OC)cc4)CC[C@]23C)C1=O. The average molecular weight is 581 g/mol. The van der Waals surface area contributed by atoms with Gasteiger partial charge in [-0.05, 0) is 104 Å². The number of hydrogen-bond acceptors (Lipinski definition) is 5. The molecule has 1 fully saturated rings. The van der Waals surface area contributed by atoms with Gasteiger partial charge in [0.25, 0.3) is 0 Å². The second-order valence-electron chi connectivity index (χ2n) is 14.4. The van der Waals surface area contributed by atoms with E-state index in [0.29, 0.717) is 36.6 Å². The number of carbonyl (C=O) groups is 2. The molecule has 42 heavy (non-hydrogen) atoms. The van der Waals surface area contributed by atoms with E-state index in [9.17, 15) is 9.59 Å². The van der Waals surface area contributed by atoms with Crippen molar-refractivity contribution in [2.24, 2.45) is 34.5 Å². The number of Topliss-reactive ketones (excluding diaryl/α,β-unsaturated/α-hetero) is 1. The molecule has 0 saturated heterocycles. The van der Waals surface area contributed by atoms with Crippen molar-refractivity contribution in [1.29, 1.82) is 0 Å². The smallest absolute Gasteiger partial charge is 0.305 e. The molecule has 5 heteroatoms. The molecule has 0 aliphatic heterocycles. The van der Waals surface area contributed by atoms with E-state index >= 15 is 0 Å². The molecule has 6 atom stereocenters. The monoisotopic (exact) mass is 580 g/mol. The van der Waals surface area contributed by atoms with Gasteiger partial charge in [-0.2, -0.15) is 0 Å². The summed E-state index contributed by atoms with van der Waals surface area (Å²) in [6.45, 7) is 12.2. The van der Waals surface area contributed by atoms with Crippen LogP contribution in [0.3, 0.4) is 0 Å². The molecule has 0 N–H and O–H groups in total. The molecule has 5 nitrogen and oxygen atoms in total. The van der Waals surface area contributed by atoms with Crippen LogP contribution < -0.4 is 4.74 Å². The molecule has 1 aromatic carbocycles. The van der Waals surface area contributed by atoms with E-state index in [-0.39, 0.29) is 23.4 Å². The minimum atomic E-state index is -0.411. The highest BCUT2D eigenvalue weighted by Crippen LogP contribution is 2.59. The van der Waals surface area contributed by atoms with Gasteiger partial charge in [0.1, 0.15) is 5.75 Å². The number of esters is 1. The van der Waals surface area contributed by atoms with Gasteiger partial charge in [-0.3, -0.25) is 9.59 Å². The van der Waals surface area contributed by atoms with Gasteiger partial charge in [0.15, 0.2) is 5.78 Å². The number of fused-ring (bicyclic) bond motifs is 2. The van der Waals surface area contributed by atoms with Crippen molar-refractivity contribution in [3.8, 4) is 5.75 Å². The molecule has 1 unspecified atom stereocenters. The first-order chi connectivity index (χ1) is 20.0. The summed E-state index contributed by atoms with van der Waals surface area (Å²) < 4.78 is 16.7. The standard InChI is InChI=1S/C37H56O5/c1-25(2)9-8-10-26(3)32(17-18-34(38)41-7)37(5)22-20-33-31(35(37)39)16-13-28-23-30(19-21-36(28,33)4)42-24-27-11-14-29(40-6)15-12-27/h11-12,14-15,25-26,28,30,32H,8-10,13,16-24H2,1-7H3/t26-,28+,30?,32-,36+,37-/m1/s1. The number of allylic oxidation sites excluding steroid dienone is 2. The highest BCUT2D eigenvalue weighted by molar-refractivity contribution is 6.02. The molecule has 3 aliphatic carbocycles. The van der Waals surface area contributed by atoms with Crippen molar-refractivity contribution in [3.05, 3.63) is 41.0 Å². The zero-order chi connectivity index (χ0) is 30.5. The van der Waals surface area contributed by atoms with Crippen LogP contribution >= 0.6 is 0 Å². The van der Waals surface area contributed by atoms with Crippen molar-refractivity contribution in [2.45, 2.75) is 124 Å². The van der Waals surface area contributed by atoms with Crippen LogP contribution in [0.4, 0.5) is 0 Å². The minimum absolute atomic E-state index is 0.0922. The van der Waals surface area contributed by atoms with Crippen molar-refractivity contribution in [1.82, 2.24) is 0 Å². The van der Waals surface area contributed by atoms with Crippen LogP contribution in [0.2, 0.25) is 0 Å². The van der Waals surface area contributed by atoms with Crippen molar-refractivity contribution in [3.63, 3.8) is 0 Å². The second kappa shape index (κ2) is 14.1. The Morgan fingerprint density at radius 3 is 2.38 bits per heavy atom. The molecule has 1 aromatic rings. The summed E-state index contributed by atoms with van der Waals surface area (Å²) in [4.78, 5) is 26.7. The van der Waals surface area contributed by atoms with Crippen LogP contribution in [-0.4, -0.2) is 32.1 Å². The Morgan fingerprint density at radius 1 is 0.976 bits per heavy atom. The Bertz CT molecular complexity index is 1100. The first kappa shape index (κ1) is 32.8. The maximum absolute atomic E-state index is 14.5. The largest absolute Gasteiger partial charge is 0.497 e. The Kier molecular flexibility index (Phi) is 11.0. The van der Waals surface area contributed by atoms with Gasteiger partial charge in [-0.25, -0.2) is 0 Å². The molecule has 0 amide bonds. The van der Waals surface area contributed by atoms with E-state index in [0.717, 1.165) is 69.1 Å². The highest BCUT2D eigenvalue weighted by Gasteiger charge is 2.53. The Balaban J connectivity index is 1.46. The molecule has 0 aromatic heterocycles. The lowest BCUT2D eigenvalue weighted by Gasteiger charge is -2.53. The Hall–Kier alpha value is -2.14. The fraction of sp³-hybridized carbons (Fsp3) is 0.730. The molecule has 0 heterocycles. The number of benzene rings is 1. The van der Waals surface area contributed by atoms with E-state index in [2.05, 4.69) is 46.8 Å². The van der Waals surface area contributed by atoms with Crippen molar-refractivity contribution in [2.75, 3.05) is 14.2 Å². The Morgan fingerprint density at radius 2 is 1.71 bits per heavy atom. The number of methoxy groups -OCH3 is 2. The van der Waals surface area contributed by atoms with Crippen LogP contribution in [0.5, 0.6) is 5.75 Å². The lowest BCUT2D eigenvalue weighted by molar-refractivity contribution is -0.142. The third-order valence-corrected chi connectivity index (χ3v) is 11.4. The zero-order valence-electron chi connectivity index (χ0n) is 27.4. The quantitative estimate of drug-likeness (QED) is 0.218. The van der Waals surface area contributed by atoms with Crippen molar-refractivity contribution >= 4 is 11.8 Å². The van der Waals surface area contributed by atoms with Crippen LogP contribution in [0.1, 0.15) is 117 Å². The zero-order valence-corrected chi connectivity index (χ0v) is 27.4. The van der Waals surface area contributed by atoms with E-state index in [1.54, 1.807) is 7.11 Å². The van der Waals surface area contributed by atoms with E-state index in [4.69, 9.17) is 14.2 Å². The third kappa shape index (κ3) is 7.14. The van der Waals surface area contributed by atoms with Gasteiger partial charge in [0.2, 0.25) is 0 Å².